The smallest absolute Gasteiger partial charge is 0.126 e. The molecule has 0 aliphatic heterocycles. The maximum Gasteiger partial charge on any atom is 0.126 e. The average molecular weight is 289 g/mol. The number of benzene rings is 1. The second-order valence-electron chi connectivity index (χ2n) is 3.92. The van der Waals surface area contributed by atoms with E-state index in [9.17, 15) is 10.2 Å². The predicted octanol–water partition coefficient (Wildman–Crippen LogP) is 2.65. The molecule has 0 heterocycles. The summed E-state index contributed by atoms with van der Waals surface area (Å²) in [5.41, 5.74) is 0.718. The van der Waals surface area contributed by atoms with Gasteiger partial charge < -0.3 is 14.9 Å². The van der Waals surface area contributed by atoms with Crippen LogP contribution < -0.4 is 4.74 Å². The summed E-state index contributed by atoms with van der Waals surface area (Å²) in [5, 5.41) is 19.0. The van der Waals surface area contributed by atoms with Crippen LogP contribution in [0.25, 0.3) is 0 Å². The summed E-state index contributed by atoms with van der Waals surface area (Å²) in [7, 11) is 0. The molecule has 0 fully saturated rings. The lowest BCUT2D eigenvalue weighted by Crippen LogP contribution is -2.26. The molecular weight excluding hydrogens is 272 g/mol. The van der Waals surface area contributed by atoms with Crippen LogP contribution in [-0.4, -0.2) is 22.4 Å². The zero-order valence-corrected chi connectivity index (χ0v) is 11.2. The third-order valence-electron chi connectivity index (χ3n) is 2.42. The highest BCUT2D eigenvalue weighted by Gasteiger charge is 2.15. The number of rotatable bonds is 4. The van der Waals surface area contributed by atoms with Crippen LogP contribution in [0.3, 0.4) is 0 Å². The molecule has 1 aromatic rings. The summed E-state index contributed by atoms with van der Waals surface area (Å²) in [6.07, 6.45) is -1.46. The van der Waals surface area contributed by atoms with E-state index in [1.807, 2.05) is 6.07 Å². The molecule has 3 unspecified atom stereocenters. The molecule has 16 heavy (non-hydrogen) atoms. The Morgan fingerprint density at radius 2 is 1.81 bits per heavy atom. The molecule has 0 radical (unpaired) electrons. The topological polar surface area (TPSA) is 49.7 Å². The molecule has 0 aromatic heterocycles. The summed E-state index contributed by atoms with van der Waals surface area (Å²) < 4.78 is 6.49. The fourth-order valence-electron chi connectivity index (χ4n) is 1.25. The molecule has 1 aromatic carbocycles. The van der Waals surface area contributed by atoms with Crippen molar-refractivity contribution in [3.8, 4) is 5.75 Å². The molecular formula is C12H17BrO3. The molecule has 4 heteroatoms. The van der Waals surface area contributed by atoms with Gasteiger partial charge in [0.1, 0.15) is 11.9 Å². The van der Waals surface area contributed by atoms with E-state index in [-0.39, 0.29) is 6.10 Å². The van der Waals surface area contributed by atoms with Gasteiger partial charge in [0.25, 0.3) is 0 Å². The molecule has 0 saturated carbocycles. The zero-order chi connectivity index (χ0) is 12.3. The molecule has 90 valence electrons. The molecule has 2 N–H and O–H groups in total. The van der Waals surface area contributed by atoms with Crippen molar-refractivity contribution < 1.29 is 14.9 Å². The third-order valence-corrected chi connectivity index (χ3v) is 2.91. The highest BCUT2D eigenvalue weighted by Crippen LogP contribution is 2.29. The Bertz CT molecular complexity index is 350. The minimum Gasteiger partial charge on any atom is -0.488 e. The van der Waals surface area contributed by atoms with Gasteiger partial charge in [-0.15, -0.1) is 0 Å². The molecule has 0 amide bonds. The standard InChI is InChI=1S/C12H17BrO3/c1-7(14)9(3)16-12-6-10(13)4-5-11(12)8(2)15/h4-9,14-15H,1-3H3. The normalized spacial score (nSPS) is 16.6. The molecule has 0 aliphatic carbocycles. The van der Waals surface area contributed by atoms with E-state index in [1.165, 1.54) is 0 Å². The van der Waals surface area contributed by atoms with Gasteiger partial charge in [-0.3, -0.25) is 0 Å². The Labute approximate surface area is 104 Å². The lowest BCUT2D eigenvalue weighted by atomic mass is 10.1. The first-order valence-electron chi connectivity index (χ1n) is 5.24. The van der Waals surface area contributed by atoms with Crippen molar-refractivity contribution >= 4 is 15.9 Å². The molecule has 1 rings (SSSR count). The molecule has 0 saturated heterocycles. The average Bonchev–Trinajstić information content (AvgIpc) is 2.16. The van der Waals surface area contributed by atoms with Gasteiger partial charge in [0.15, 0.2) is 0 Å². The van der Waals surface area contributed by atoms with Crippen LogP contribution in [0.2, 0.25) is 0 Å². The van der Waals surface area contributed by atoms with Gasteiger partial charge in [0, 0.05) is 10.0 Å². The molecule has 3 nitrogen and oxygen atoms in total. The summed E-state index contributed by atoms with van der Waals surface area (Å²) in [5.74, 6) is 0.595. The first kappa shape index (κ1) is 13.5. The number of ether oxygens (including phenoxy) is 1. The van der Waals surface area contributed by atoms with Crippen LogP contribution in [0.1, 0.15) is 32.4 Å². The van der Waals surface area contributed by atoms with Gasteiger partial charge in [-0.25, -0.2) is 0 Å². The summed E-state index contributed by atoms with van der Waals surface area (Å²) in [6.45, 7) is 5.14. The van der Waals surface area contributed by atoms with Crippen molar-refractivity contribution in [2.45, 2.75) is 39.1 Å². The van der Waals surface area contributed by atoms with Crippen LogP contribution in [0, 0.1) is 0 Å². The van der Waals surface area contributed by atoms with Crippen LogP contribution in [0.4, 0.5) is 0 Å². The Hall–Kier alpha value is -0.580. The summed E-state index contributed by atoms with van der Waals surface area (Å²) in [4.78, 5) is 0. The Kier molecular flexibility index (Phi) is 4.77. The van der Waals surface area contributed by atoms with Gasteiger partial charge in [-0.1, -0.05) is 22.0 Å². The predicted molar refractivity (Wildman–Crippen MR) is 66.5 cm³/mol. The van der Waals surface area contributed by atoms with Gasteiger partial charge in [-0.05, 0) is 32.9 Å². The summed E-state index contributed by atoms with van der Waals surface area (Å²) >= 11 is 3.35. The highest BCUT2D eigenvalue weighted by atomic mass is 79.9. The van der Waals surface area contributed by atoms with Gasteiger partial charge in [-0.2, -0.15) is 0 Å². The lowest BCUT2D eigenvalue weighted by Gasteiger charge is -2.20. The number of halogens is 1. The van der Waals surface area contributed by atoms with E-state index >= 15 is 0 Å². The number of aliphatic hydroxyl groups excluding tert-OH is 2. The van der Waals surface area contributed by atoms with E-state index in [4.69, 9.17) is 4.74 Å². The fourth-order valence-corrected chi connectivity index (χ4v) is 1.59. The fraction of sp³-hybridized carbons (Fsp3) is 0.500. The Morgan fingerprint density at radius 1 is 1.19 bits per heavy atom. The van der Waals surface area contributed by atoms with Crippen molar-refractivity contribution in [1.82, 2.24) is 0 Å². The van der Waals surface area contributed by atoms with Crippen LogP contribution in [0.5, 0.6) is 5.75 Å². The number of hydrogen-bond donors (Lipinski definition) is 2. The van der Waals surface area contributed by atoms with Crippen molar-refractivity contribution in [2.75, 3.05) is 0 Å². The van der Waals surface area contributed by atoms with Crippen LogP contribution in [0.15, 0.2) is 22.7 Å². The zero-order valence-electron chi connectivity index (χ0n) is 9.64. The maximum absolute atomic E-state index is 9.59. The first-order chi connectivity index (χ1) is 7.41. The van der Waals surface area contributed by atoms with E-state index in [0.717, 1.165) is 10.0 Å². The largest absolute Gasteiger partial charge is 0.488 e. The van der Waals surface area contributed by atoms with E-state index in [2.05, 4.69) is 15.9 Å². The number of hydrogen-bond acceptors (Lipinski definition) is 3. The Morgan fingerprint density at radius 3 is 2.31 bits per heavy atom. The van der Waals surface area contributed by atoms with E-state index in [1.54, 1.807) is 32.9 Å². The molecule has 0 spiro atoms. The lowest BCUT2D eigenvalue weighted by molar-refractivity contribution is 0.0577. The first-order valence-corrected chi connectivity index (χ1v) is 6.03. The quantitative estimate of drug-likeness (QED) is 0.896. The van der Waals surface area contributed by atoms with Gasteiger partial charge in [0.2, 0.25) is 0 Å². The second-order valence-corrected chi connectivity index (χ2v) is 4.84. The van der Waals surface area contributed by atoms with Crippen LogP contribution in [-0.2, 0) is 0 Å². The van der Waals surface area contributed by atoms with E-state index < -0.39 is 12.2 Å². The van der Waals surface area contributed by atoms with Crippen LogP contribution >= 0.6 is 15.9 Å². The van der Waals surface area contributed by atoms with Crippen molar-refractivity contribution in [1.29, 1.82) is 0 Å². The Balaban J connectivity index is 2.96. The van der Waals surface area contributed by atoms with Crippen molar-refractivity contribution in [3.05, 3.63) is 28.2 Å². The molecule has 0 aliphatic rings. The highest BCUT2D eigenvalue weighted by molar-refractivity contribution is 9.10. The van der Waals surface area contributed by atoms with Gasteiger partial charge >= 0.3 is 0 Å². The van der Waals surface area contributed by atoms with Crippen molar-refractivity contribution in [2.24, 2.45) is 0 Å². The molecule has 3 atom stereocenters. The monoisotopic (exact) mass is 288 g/mol. The summed E-state index contributed by atoms with van der Waals surface area (Å²) in [6, 6.07) is 5.45. The SMILES string of the molecule is CC(O)c1ccc(Br)cc1OC(C)C(C)O. The second kappa shape index (κ2) is 5.66. The van der Waals surface area contributed by atoms with Crippen molar-refractivity contribution in [3.63, 3.8) is 0 Å². The third kappa shape index (κ3) is 3.47. The van der Waals surface area contributed by atoms with E-state index in [0.29, 0.717) is 5.75 Å². The van der Waals surface area contributed by atoms with Gasteiger partial charge in [0.05, 0.1) is 12.2 Å². The maximum atomic E-state index is 9.59. The minimum atomic E-state index is -0.593. The molecule has 0 bridgehead atoms. The number of aliphatic hydroxyl groups is 2. The minimum absolute atomic E-state index is 0.313.